The maximum atomic E-state index is 13.1. The molecule has 35 heavy (non-hydrogen) atoms. The number of carbonyl (C=O) groups excluding carboxylic acids is 3. The Morgan fingerprint density at radius 1 is 0.914 bits per heavy atom. The van der Waals surface area contributed by atoms with E-state index in [1.807, 2.05) is 6.26 Å². The van der Waals surface area contributed by atoms with Crippen LogP contribution in [0.3, 0.4) is 0 Å². The molecule has 0 radical (unpaired) electrons. The molecule has 0 heterocycles. The molecule has 1 rings (SSSR count). The average molecular weight is 512 g/mol. The standard InChI is InChI=1S/C23H37N5O6S/c1-14(25)20(30)26-17(10-12-35-2)21(31)28-19(13-15-6-8-16(29)9-7-15)22(32)27-18(23(33)34)5-3-4-11-24/h6-9,14,17-19,29H,3-5,10-13,24-25H2,1-2H3,(H,26,30)(H,27,32)(H,28,31)(H,33,34)/t14-,17-,18-,19-/m0/s1. The van der Waals surface area contributed by atoms with Crippen LogP contribution in [0.15, 0.2) is 24.3 Å². The number of thioether (sulfide) groups is 1. The minimum atomic E-state index is -1.19. The molecule has 196 valence electrons. The minimum Gasteiger partial charge on any atom is -0.508 e. The van der Waals surface area contributed by atoms with Crippen molar-refractivity contribution in [3.05, 3.63) is 29.8 Å². The second-order valence-electron chi connectivity index (χ2n) is 8.25. The summed E-state index contributed by atoms with van der Waals surface area (Å²) in [6, 6.07) is 2.09. The topological polar surface area (TPSA) is 197 Å². The van der Waals surface area contributed by atoms with Gasteiger partial charge in [-0.15, -0.1) is 0 Å². The number of phenols is 1. The Morgan fingerprint density at radius 2 is 1.49 bits per heavy atom. The molecule has 9 N–H and O–H groups in total. The Morgan fingerprint density at radius 3 is 2.03 bits per heavy atom. The van der Waals surface area contributed by atoms with Gasteiger partial charge in [0.15, 0.2) is 0 Å². The summed E-state index contributed by atoms with van der Waals surface area (Å²) in [5.41, 5.74) is 11.7. The van der Waals surface area contributed by atoms with E-state index in [0.717, 1.165) is 0 Å². The van der Waals surface area contributed by atoms with E-state index >= 15 is 0 Å². The number of amides is 3. The van der Waals surface area contributed by atoms with Gasteiger partial charge in [0.25, 0.3) is 0 Å². The van der Waals surface area contributed by atoms with E-state index in [2.05, 4.69) is 16.0 Å². The van der Waals surface area contributed by atoms with E-state index in [0.29, 0.717) is 37.1 Å². The maximum Gasteiger partial charge on any atom is 0.326 e. The average Bonchev–Trinajstić information content (AvgIpc) is 2.81. The van der Waals surface area contributed by atoms with Gasteiger partial charge in [0.05, 0.1) is 6.04 Å². The zero-order valence-corrected chi connectivity index (χ0v) is 21.0. The zero-order valence-electron chi connectivity index (χ0n) is 20.2. The van der Waals surface area contributed by atoms with Crippen LogP contribution >= 0.6 is 11.8 Å². The first-order chi connectivity index (χ1) is 16.6. The molecule has 3 amide bonds. The molecule has 1 aromatic rings. The van der Waals surface area contributed by atoms with Crippen LogP contribution in [0.2, 0.25) is 0 Å². The van der Waals surface area contributed by atoms with Crippen LogP contribution in [0.5, 0.6) is 5.75 Å². The summed E-state index contributed by atoms with van der Waals surface area (Å²) in [5.74, 6) is -2.33. The van der Waals surface area contributed by atoms with E-state index in [4.69, 9.17) is 11.5 Å². The number of carboxylic acids is 1. The van der Waals surface area contributed by atoms with Gasteiger partial charge in [0, 0.05) is 6.42 Å². The summed E-state index contributed by atoms with van der Waals surface area (Å²) in [4.78, 5) is 49.9. The third-order valence-electron chi connectivity index (χ3n) is 5.23. The van der Waals surface area contributed by atoms with Crippen LogP contribution in [-0.4, -0.2) is 76.6 Å². The van der Waals surface area contributed by atoms with Crippen LogP contribution in [0.4, 0.5) is 0 Å². The molecule has 0 spiro atoms. The summed E-state index contributed by atoms with van der Waals surface area (Å²) in [5, 5.41) is 26.8. The monoisotopic (exact) mass is 511 g/mol. The zero-order chi connectivity index (χ0) is 26.4. The number of hydrogen-bond acceptors (Lipinski definition) is 8. The number of hydrogen-bond donors (Lipinski definition) is 7. The summed E-state index contributed by atoms with van der Waals surface area (Å²) >= 11 is 1.49. The molecular formula is C23H37N5O6S. The molecule has 0 unspecified atom stereocenters. The second-order valence-corrected chi connectivity index (χ2v) is 9.23. The second kappa shape index (κ2) is 16.0. The highest BCUT2D eigenvalue weighted by Crippen LogP contribution is 2.12. The molecule has 0 aliphatic heterocycles. The van der Waals surface area contributed by atoms with Crippen LogP contribution in [0.1, 0.15) is 38.2 Å². The number of nitrogens with one attached hydrogen (secondary N) is 3. The van der Waals surface area contributed by atoms with E-state index in [1.165, 1.54) is 30.8 Å². The Labute approximate surface area is 209 Å². The summed E-state index contributed by atoms with van der Waals surface area (Å²) < 4.78 is 0. The number of rotatable bonds is 16. The van der Waals surface area contributed by atoms with E-state index in [1.54, 1.807) is 12.1 Å². The number of phenolic OH excluding ortho intramolecular Hbond substituents is 1. The first kappa shape index (κ1) is 30.2. The fourth-order valence-corrected chi connectivity index (χ4v) is 3.65. The summed E-state index contributed by atoms with van der Waals surface area (Å²) in [7, 11) is 0. The SMILES string of the molecule is CSCC[C@H](NC(=O)[C@H](C)N)C(=O)N[C@@H](Cc1ccc(O)cc1)C(=O)N[C@@H](CCCCN)C(=O)O. The van der Waals surface area contributed by atoms with Gasteiger partial charge < -0.3 is 37.6 Å². The molecule has 1 aromatic carbocycles. The van der Waals surface area contributed by atoms with Crippen molar-refractivity contribution in [2.24, 2.45) is 11.5 Å². The highest BCUT2D eigenvalue weighted by atomic mass is 32.2. The smallest absolute Gasteiger partial charge is 0.326 e. The van der Waals surface area contributed by atoms with Gasteiger partial charge >= 0.3 is 5.97 Å². The predicted octanol–water partition coefficient (Wildman–Crippen LogP) is -0.297. The first-order valence-electron chi connectivity index (χ1n) is 11.4. The lowest BCUT2D eigenvalue weighted by atomic mass is 10.0. The molecule has 4 atom stereocenters. The Hall–Kier alpha value is -2.83. The fraction of sp³-hybridized carbons (Fsp3) is 0.565. The van der Waals surface area contributed by atoms with Crippen molar-refractivity contribution in [3.8, 4) is 5.75 Å². The van der Waals surface area contributed by atoms with Gasteiger partial charge in [0.2, 0.25) is 17.7 Å². The first-order valence-corrected chi connectivity index (χ1v) is 12.8. The Balaban J connectivity index is 3.08. The van der Waals surface area contributed by atoms with E-state index < -0.39 is 47.9 Å². The number of aliphatic carboxylic acids is 1. The van der Waals surface area contributed by atoms with Crippen molar-refractivity contribution in [1.82, 2.24) is 16.0 Å². The number of carbonyl (C=O) groups is 4. The number of benzene rings is 1. The summed E-state index contributed by atoms with van der Waals surface area (Å²) in [6.45, 7) is 1.90. The molecule has 11 nitrogen and oxygen atoms in total. The molecule has 0 saturated heterocycles. The van der Waals surface area contributed by atoms with Crippen molar-refractivity contribution < 1.29 is 29.4 Å². The third kappa shape index (κ3) is 11.4. The van der Waals surface area contributed by atoms with Crippen molar-refractivity contribution in [3.63, 3.8) is 0 Å². The lowest BCUT2D eigenvalue weighted by molar-refractivity contribution is -0.142. The van der Waals surface area contributed by atoms with Crippen molar-refractivity contribution in [2.45, 2.75) is 63.2 Å². The highest BCUT2D eigenvalue weighted by Gasteiger charge is 2.30. The maximum absolute atomic E-state index is 13.1. The highest BCUT2D eigenvalue weighted by molar-refractivity contribution is 7.98. The normalized spacial score (nSPS) is 14.3. The van der Waals surface area contributed by atoms with Crippen molar-refractivity contribution in [2.75, 3.05) is 18.6 Å². The number of unbranched alkanes of at least 4 members (excludes halogenated alkanes) is 1. The van der Waals surface area contributed by atoms with Crippen LogP contribution < -0.4 is 27.4 Å². The summed E-state index contributed by atoms with van der Waals surface area (Å²) in [6.07, 6.45) is 3.55. The lowest BCUT2D eigenvalue weighted by Gasteiger charge is -2.25. The molecule has 0 aromatic heterocycles. The van der Waals surface area contributed by atoms with Gasteiger partial charge in [-0.2, -0.15) is 11.8 Å². The molecular weight excluding hydrogens is 474 g/mol. The van der Waals surface area contributed by atoms with Crippen LogP contribution in [0, 0.1) is 0 Å². The van der Waals surface area contributed by atoms with E-state index in [9.17, 15) is 29.4 Å². The molecule has 12 heteroatoms. The lowest BCUT2D eigenvalue weighted by Crippen LogP contribution is -2.57. The fourth-order valence-electron chi connectivity index (χ4n) is 3.18. The molecule has 0 aliphatic carbocycles. The van der Waals surface area contributed by atoms with Gasteiger partial charge in [0.1, 0.15) is 23.9 Å². The van der Waals surface area contributed by atoms with Gasteiger partial charge in [-0.1, -0.05) is 12.1 Å². The molecule has 0 fully saturated rings. The quantitative estimate of drug-likeness (QED) is 0.146. The van der Waals surface area contributed by atoms with Crippen molar-refractivity contribution >= 4 is 35.5 Å². The largest absolute Gasteiger partial charge is 0.508 e. The van der Waals surface area contributed by atoms with E-state index in [-0.39, 0.29) is 18.6 Å². The third-order valence-corrected chi connectivity index (χ3v) is 5.87. The molecule has 0 saturated carbocycles. The number of nitrogens with two attached hydrogens (primary N) is 2. The molecule has 0 bridgehead atoms. The van der Waals surface area contributed by atoms with Crippen LogP contribution in [0.25, 0.3) is 0 Å². The van der Waals surface area contributed by atoms with Crippen molar-refractivity contribution in [1.29, 1.82) is 0 Å². The Bertz CT molecular complexity index is 836. The van der Waals surface area contributed by atoms with Gasteiger partial charge in [-0.25, -0.2) is 4.79 Å². The molecule has 0 aliphatic rings. The number of carboxylic acid groups (broad SMARTS) is 1. The predicted molar refractivity (Wildman–Crippen MR) is 135 cm³/mol. The minimum absolute atomic E-state index is 0.0420. The van der Waals surface area contributed by atoms with Gasteiger partial charge in [-0.05, 0) is 68.9 Å². The van der Waals surface area contributed by atoms with Gasteiger partial charge in [-0.3, -0.25) is 14.4 Å². The Kier molecular flexibility index (Phi) is 13.8. The van der Waals surface area contributed by atoms with Crippen LogP contribution in [-0.2, 0) is 25.6 Å². The number of aromatic hydroxyl groups is 1.